The zero-order valence-electron chi connectivity index (χ0n) is 12.3. The summed E-state index contributed by atoms with van der Waals surface area (Å²) in [6, 6.07) is 8.22. The fourth-order valence-electron chi connectivity index (χ4n) is 2.59. The fourth-order valence-corrected chi connectivity index (χ4v) is 2.59. The van der Waals surface area contributed by atoms with Gasteiger partial charge in [0, 0.05) is 19.0 Å². The molecular weight excluding hydrogens is 252 g/mol. The maximum Gasteiger partial charge on any atom is 0.220 e. The van der Waals surface area contributed by atoms with Gasteiger partial charge in [0.15, 0.2) is 0 Å². The first-order chi connectivity index (χ1) is 9.69. The van der Waals surface area contributed by atoms with Crippen molar-refractivity contribution in [1.82, 2.24) is 10.6 Å². The highest BCUT2D eigenvalue weighted by Gasteiger charge is 2.17. The van der Waals surface area contributed by atoms with Crippen molar-refractivity contribution >= 4 is 5.91 Å². The third kappa shape index (κ3) is 4.23. The van der Waals surface area contributed by atoms with E-state index in [0.29, 0.717) is 12.5 Å². The number of methoxy groups -OCH3 is 1. The van der Waals surface area contributed by atoms with Gasteiger partial charge in [-0.15, -0.1) is 0 Å². The first-order valence-electron chi connectivity index (χ1n) is 7.33. The topological polar surface area (TPSA) is 50.4 Å². The van der Waals surface area contributed by atoms with Crippen LogP contribution in [0.15, 0.2) is 24.3 Å². The molecule has 0 bridgehead atoms. The van der Waals surface area contributed by atoms with Crippen LogP contribution in [0.1, 0.15) is 37.7 Å². The summed E-state index contributed by atoms with van der Waals surface area (Å²) in [6.45, 7) is 4.04. The molecule has 0 saturated carbocycles. The molecule has 20 heavy (non-hydrogen) atoms. The minimum Gasteiger partial charge on any atom is -0.497 e. The molecule has 1 aromatic carbocycles. The summed E-state index contributed by atoms with van der Waals surface area (Å²) in [6.07, 6.45) is 2.75. The Morgan fingerprint density at radius 1 is 1.45 bits per heavy atom. The van der Waals surface area contributed by atoms with Crippen LogP contribution in [0.3, 0.4) is 0 Å². The van der Waals surface area contributed by atoms with Gasteiger partial charge in [-0.3, -0.25) is 4.79 Å². The first kappa shape index (κ1) is 14.9. The predicted octanol–water partition coefficient (Wildman–Crippen LogP) is 2.06. The molecule has 4 nitrogen and oxygen atoms in total. The number of carbonyl (C=O) groups is 1. The molecule has 2 unspecified atom stereocenters. The van der Waals surface area contributed by atoms with E-state index in [0.717, 1.165) is 31.7 Å². The second kappa shape index (κ2) is 7.29. The Balaban J connectivity index is 1.82. The number of hydrogen-bond donors (Lipinski definition) is 2. The van der Waals surface area contributed by atoms with Crippen LogP contribution in [0.4, 0.5) is 0 Å². The summed E-state index contributed by atoms with van der Waals surface area (Å²) in [5.41, 5.74) is 1.17. The number of piperidine rings is 1. The molecule has 0 spiro atoms. The third-order valence-electron chi connectivity index (χ3n) is 3.84. The summed E-state index contributed by atoms with van der Waals surface area (Å²) in [7, 11) is 1.66. The zero-order valence-corrected chi connectivity index (χ0v) is 12.3. The van der Waals surface area contributed by atoms with Crippen molar-refractivity contribution in [3.8, 4) is 5.75 Å². The Bertz CT molecular complexity index is 425. The molecular formula is C16H24N2O2. The molecule has 0 aromatic heterocycles. The lowest BCUT2D eigenvalue weighted by Gasteiger charge is -2.24. The molecule has 1 fully saturated rings. The van der Waals surface area contributed by atoms with Crippen LogP contribution in [-0.2, 0) is 4.79 Å². The lowest BCUT2D eigenvalue weighted by Crippen LogP contribution is -2.45. The second-order valence-corrected chi connectivity index (χ2v) is 5.49. The van der Waals surface area contributed by atoms with Crippen LogP contribution >= 0.6 is 0 Å². The molecule has 4 heteroatoms. The molecule has 1 heterocycles. The average molecular weight is 276 g/mol. The highest BCUT2D eigenvalue weighted by atomic mass is 16.5. The van der Waals surface area contributed by atoms with Crippen molar-refractivity contribution in [1.29, 1.82) is 0 Å². The van der Waals surface area contributed by atoms with Crippen LogP contribution in [-0.4, -0.2) is 32.1 Å². The van der Waals surface area contributed by atoms with Crippen molar-refractivity contribution < 1.29 is 9.53 Å². The van der Waals surface area contributed by atoms with Gasteiger partial charge in [-0.1, -0.05) is 19.1 Å². The van der Waals surface area contributed by atoms with Crippen molar-refractivity contribution in [2.24, 2.45) is 0 Å². The van der Waals surface area contributed by atoms with Crippen LogP contribution < -0.4 is 15.4 Å². The second-order valence-electron chi connectivity index (χ2n) is 5.49. The number of carbonyl (C=O) groups excluding carboxylic acids is 1. The van der Waals surface area contributed by atoms with E-state index in [2.05, 4.69) is 17.6 Å². The molecule has 1 aliphatic rings. The van der Waals surface area contributed by atoms with Crippen molar-refractivity contribution in [2.75, 3.05) is 20.2 Å². The van der Waals surface area contributed by atoms with Crippen molar-refractivity contribution in [3.63, 3.8) is 0 Å². The third-order valence-corrected chi connectivity index (χ3v) is 3.84. The predicted molar refractivity (Wildman–Crippen MR) is 80.1 cm³/mol. The fraction of sp³-hybridized carbons (Fsp3) is 0.562. The Morgan fingerprint density at radius 3 is 2.80 bits per heavy atom. The molecule has 1 aromatic rings. The molecule has 110 valence electrons. The monoisotopic (exact) mass is 276 g/mol. The van der Waals surface area contributed by atoms with E-state index in [-0.39, 0.29) is 11.8 Å². The van der Waals surface area contributed by atoms with Crippen LogP contribution in [0.25, 0.3) is 0 Å². The van der Waals surface area contributed by atoms with E-state index >= 15 is 0 Å². The Labute approximate surface area is 120 Å². The largest absolute Gasteiger partial charge is 0.497 e. The number of hydrogen-bond acceptors (Lipinski definition) is 3. The summed E-state index contributed by atoms with van der Waals surface area (Å²) >= 11 is 0. The van der Waals surface area contributed by atoms with Gasteiger partial charge >= 0.3 is 0 Å². The minimum absolute atomic E-state index is 0.141. The first-order valence-corrected chi connectivity index (χ1v) is 7.33. The Hall–Kier alpha value is -1.55. The van der Waals surface area contributed by atoms with Gasteiger partial charge in [0.2, 0.25) is 5.91 Å². The smallest absolute Gasteiger partial charge is 0.220 e. The highest BCUT2D eigenvalue weighted by Crippen LogP contribution is 2.21. The van der Waals surface area contributed by atoms with Gasteiger partial charge in [-0.2, -0.15) is 0 Å². The van der Waals surface area contributed by atoms with Gasteiger partial charge in [-0.25, -0.2) is 0 Å². The van der Waals surface area contributed by atoms with Gasteiger partial charge in [0.1, 0.15) is 5.75 Å². The average Bonchev–Trinajstić information content (AvgIpc) is 2.48. The van der Waals surface area contributed by atoms with E-state index in [1.54, 1.807) is 7.11 Å². The van der Waals surface area contributed by atoms with E-state index in [9.17, 15) is 4.79 Å². The van der Waals surface area contributed by atoms with E-state index in [1.165, 1.54) is 5.56 Å². The van der Waals surface area contributed by atoms with Crippen LogP contribution in [0.5, 0.6) is 5.75 Å². The molecule has 0 aliphatic carbocycles. The standard InChI is InChI=1S/C16H24N2O2/c1-12(13-5-7-15(20-2)8-6-13)10-16(19)18-14-4-3-9-17-11-14/h5-8,12,14,17H,3-4,9-11H2,1-2H3,(H,18,19). The molecule has 1 aliphatic heterocycles. The maximum absolute atomic E-state index is 12.1. The summed E-state index contributed by atoms with van der Waals surface area (Å²) < 4.78 is 5.14. The minimum atomic E-state index is 0.141. The molecule has 2 atom stereocenters. The number of amides is 1. The van der Waals surface area contributed by atoms with Crippen LogP contribution in [0, 0.1) is 0 Å². The zero-order chi connectivity index (χ0) is 14.4. The van der Waals surface area contributed by atoms with Gasteiger partial charge in [0.25, 0.3) is 0 Å². The normalized spacial score (nSPS) is 20.2. The van der Waals surface area contributed by atoms with Gasteiger partial charge in [0.05, 0.1) is 7.11 Å². The Morgan fingerprint density at radius 2 is 2.20 bits per heavy atom. The summed E-state index contributed by atoms with van der Waals surface area (Å²) in [5.74, 6) is 1.21. The molecule has 0 radical (unpaired) electrons. The number of ether oxygens (including phenoxy) is 1. The van der Waals surface area contributed by atoms with Crippen molar-refractivity contribution in [3.05, 3.63) is 29.8 Å². The Kier molecular flexibility index (Phi) is 5.41. The van der Waals surface area contributed by atoms with E-state index in [4.69, 9.17) is 4.74 Å². The number of benzene rings is 1. The molecule has 2 N–H and O–H groups in total. The highest BCUT2D eigenvalue weighted by molar-refractivity contribution is 5.77. The lowest BCUT2D eigenvalue weighted by atomic mass is 9.97. The molecule has 1 saturated heterocycles. The lowest BCUT2D eigenvalue weighted by molar-refractivity contribution is -0.122. The van der Waals surface area contributed by atoms with Crippen LogP contribution in [0.2, 0.25) is 0 Å². The maximum atomic E-state index is 12.1. The quantitative estimate of drug-likeness (QED) is 0.865. The van der Waals surface area contributed by atoms with E-state index in [1.807, 2.05) is 24.3 Å². The summed E-state index contributed by atoms with van der Waals surface area (Å²) in [5, 5.41) is 6.43. The van der Waals surface area contributed by atoms with Crippen molar-refractivity contribution in [2.45, 2.75) is 38.1 Å². The SMILES string of the molecule is COc1ccc(C(C)CC(=O)NC2CCCNC2)cc1. The van der Waals surface area contributed by atoms with E-state index < -0.39 is 0 Å². The number of rotatable bonds is 5. The molecule has 2 rings (SSSR count). The molecule has 1 amide bonds. The summed E-state index contributed by atoms with van der Waals surface area (Å²) in [4.78, 5) is 12.1. The van der Waals surface area contributed by atoms with Gasteiger partial charge in [-0.05, 0) is 43.0 Å². The van der Waals surface area contributed by atoms with Gasteiger partial charge < -0.3 is 15.4 Å². The number of nitrogens with one attached hydrogen (secondary N) is 2.